The first kappa shape index (κ1) is 15.0. The van der Waals surface area contributed by atoms with Gasteiger partial charge in [-0.1, -0.05) is 36.4 Å². The van der Waals surface area contributed by atoms with Crippen molar-refractivity contribution in [2.24, 2.45) is 0 Å². The number of carbonyl (C=O) groups is 1. The fraction of sp³-hybridized carbons (Fsp3) is 0.250. The number of aliphatic hydroxyl groups excluding tert-OH is 1. The molecule has 0 saturated carbocycles. The fourth-order valence-electron chi connectivity index (χ4n) is 1.98. The van der Waals surface area contributed by atoms with E-state index in [0.29, 0.717) is 0 Å². The lowest BCUT2D eigenvalue weighted by Crippen LogP contribution is -2.37. The molecular formula is C16H18N2O3. The van der Waals surface area contributed by atoms with Gasteiger partial charge in [-0.15, -0.1) is 0 Å². The van der Waals surface area contributed by atoms with Crippen LogP contribution in [0.4, 0.5) is 0 Å². The van der Waals surface area contributed by atoms with Crippen molar-refractivity contribution in [1.82, 2.24) is 9.88 Å². The molecule has 1 atom stereocenters. The van der Waals surface area contributed by atoms with E-state index in [0.717, 1.165) is 5.56 Å². The van der Waals surface area contributed by atoms with Crippen LogP contribution in [0.2, 0.25) is 0 Å². The van der Waals surface area contributed by atoms with E-state index in [4.69, 9.17) is 0 Å². The summed E-state index contributed by atoms with van der Waals surface area (Å²) in [4.78, 5) is 23.2. The molecule has 21 heavy (non-hydrogen) atoms. The van der Waals surface area contributed by atoms with Gasteiger partial charge in [0.05, 0.1) is 19.1 Å². The lowest BCUT2D eigenvalue weighted by atomic mass is 10.1. The van der Waals surface area contributed by atoms with Crippen LogP contribution in [0, 0.1) is 0 Å². The number of rotatable bonds is 6. The van der Waals surface area contributed by atoms with Gasteiger partial charge in [0.1, 0.15) is 0 Å². The normalized spacial score (nSPS) is 11.9. The van der Waals surface area contributed by atoms with Crippen LogP contribution in [-0.2, 0) is 17.8 Å². The van der Waals surface area contributed by atoms with Gasteiger partial charge >= 0.3 is 0 Å². The number of carbonyl (C=O) groups excluding carboxylic acids is 1. The van der Waals surface area contributed by atoms with Crippen LogP contribution in [-0.4, -0.2) is 28.2 Å². The second-order valence-electron chi connectivity index (χ2n) is 4.81. The van der Waals surface area contributed by atoms with Gasteiger partial charge in [0.25, 0.3) is 5.56 Å². The number of hydrogen-bond donors (Lipinski definition) is 2. The average molecular weight is 286 g/mol. The van der Waals surface area contributed by atoms with Crippen LogP contribution in [0.15, 0.2) is 59.5 Å². The highest BCUT2D eigenvalue weighted by atomic mass is 16.3. The maximum absolute atomic E-state index is 11.7. The van der Waals surface area contributed by atoms with Gasteiger partial charge < -0.3 is 15.0 Å². The summed E-state index contributed by atoms with van der Waals surface area (Å²) >= 11 is 0. The summed E-state index contributed by atoms with van der Waals surface area (Å²) in [6, 6.07) is 14.2. The Hall–Kier alpha value is -2.40. The summed E-state index contributed by atoms with van der Waals surface area (Å²) in [5.74, 6) is -0.152. The fourth-order valence-corrected chi connectivity index (χ4v) is 1.98. The van der Waals surface area contributed by atoms with Gasteiger partial charge in [0.2, 0.25) is 5.91 Å². The molecule has 0 saturated heterocycles. The summed E-state index contributed by atoms with van der Waals surface area (Å²) in [5, 5.41) is 12.5. The third kappa shape index (κ3) is 4.89. The van der Waals surface area contributed by atoms with Crippen molar-refractivity contribution in [3.63, 3.8) is 0 Å². The van der Waals surface area contributed by atoms with Crippen molar-refractivity contribution in [1.29, 1.82) is 0 Å². The Morgan fingerprint density at radius 2 is 1.86 bits per heavy atom. The largest absolute Gasteiger partial charge is 0.389 e. The van der Waals surface area contributed by atoms with E-state index >= 15 is 0 Å². The zero-order chi connectivity index (χ0) is 15.1. The number of nitrogens with one attached hydrogen (secondary N) is 1. The summed E-state index contributed by atoms with van der Waals surface area (Å²) in [6.07, 6.45) is 1.08. The van der Waals surface area contributed by atoms with Gasteiger partial charge in [-0.2, -0.15) is 0 Å². The minimum Gasteiger partial charge on any atom is -0.389 e. The van der Waals surface area contributed by atoms with E-state index in [1.807, 2.05) is 30.3 Å². The number of nitrogens with zero attached hydrogens (tertiary/aromatic N) is 1. The number of aromatic nitrogens is 1. The third-order valence-electron chi connectivity index (χ3n) is 3.05. The van der Waals surface area contributed by atoms with Gasteiger partial charge in [-0.05, 0) is 11.6 Å². The zero-order valence-electron chi connectivity index (χ0n) is 11.6. The predicted molar refractivity (Wildman–Crippen MR) is 79.9 cm³/mol. The Morgan fingerprint density at radius 3 is 2.57 bits per heavy atom. The standard InChI is InChI=1S/C16H18N2O3/c19-14(12-18-9-5-4-8-16(18)21)11-17-15(20)10-13-6-2-1-3-7-13/h1-9,14,19H,10-12H2,(H,17,20)/t14-/m1/s1. The molecule has 0 aliphatic carbocycles. The molecule has 0 bridgehead atoms. The molecule has 2 rings (SSSR count). The van der Waals surface area contributed by atoms with E-state index in [-0.39, 0.29) is 31.0 Å². The second kappa shape index (κ2) is 7.40. The highest BCUT2D eigenvalue weighted by Crippen LogP contribution is 1.99. The number of benzene rings is 1. The molecule has 0 aliphatic heterocycles. The van der Waals surface area contributed by atoms with Crippen LogP contribution in [0.25, 0.3) is 0 Å². The van der Waals surface area contributed by atoms with Crippen LogP contribution in [0.5, 0.6) is 0 Å². The van der Waals surface area contributed by atoms with Crippen molar-refractivity contribution >= 4 is 5.91 Å². The molecule has 0 spiro atoms. The Balaban J connectivity index is 1.79. The molecule has 1 heterocycles. The highest BCUT2D eigenvalue weighted by Gasteiger charge is 2.09. The second-order valence-corrected chi connectivity index (χ2v) is 4.81. The third-order valence-corrected chi connectivity index (χ3v) is 3.05. The Morgan fingerprint density at radius 1 is 1.14 bits per heavy atom. The first-order valence-electron chi connectivity index (χ1n) is 6.79. The Bertz CT molecular complexity index is 637. The molecule has 0 radical (unpaired) electrons. The number of hydrogen-bond acceptors (Lipinski definition) is 3. The molecule has 2 N–H and O–H groups in total. The quantitative estimate of drug-likeness (QED) is 0.815. The predicted octanol–water partition coefficient (Wildman–Crippen LogP) is 0.568. The van der Waals surface area contributed by atoms with Crippen LogP contribution >= 0.6 is 0 Å². The Labute approximate surface area is 122 Å². The smallest absolute Gasteiger partial charge is 0.250 e. The van der Waals surface area contributed by atoms with Gasteiger partial charge in [0.15, 0.2) is 0 Å². The molecule has 0 unspecified atom stereocenters. The zero-order valence-corrected chi connectivity index (χ0v) is 11.6. The summed E-state index contributed by atoms with van der Waals surface area (Å²) < 4.78 is 1.41. The summed E-state index contributed by atoms with van der Waals surface area (Å²) in [6.45, 7) is 0.276. The first-order valence-corrected chi connectivity index (χ1v) is 6.79. The van der Waals surface area contributed by atoms with Crippen molar-refractivity contribution in [3.05, 3.63) is 70.6 Å². The van der Waals surface area contributed by atoms with E-state index in [1.54, 1.807) is 18.3 Å². The van der Waals surface area contributed by atoms with E-state index < -0.39 is 6.10 Å². The van der Waals surface area contributed by atoms with E-state index in [2.05, 4.69) is 5.32 Å². The highest BCUT2D eigenvalue weighted by molar-refractivity contribution is 5.78. The van der Waals surface area contributed by atoms with Crippen LogP contribution < -0.4 is 10.9 Å². The SMILES string of the molecule is O=C(Cc1ccccc1)NC[C@@H](O)Cn1ccccc1=O. The molecule has 5 nitrogen and oxygen atoms in total. The summed E-state index contributed by atoms with van der Waals surface area (Å²) in [5.41, 5.74) is 0.746. The molecular weight excluding hydrogens is 268 g/mol. The van der Waals surface area contributed by atoms with Gasteiger partial charge in [0, 0.05) is 18.8 Å². The lowest BCUT2D eigenvalue weighted by molar-refractivity contribution is -0.120. The number of pyridine rings is 1. The minimum absolute atomic E-state index is 0.118. The molecule has 0 aliphatic rings. The molecule has 1 aromatic carbocycles. The van der Waals surface area contributed by atoms with E-state index in [1.165, 1.54) is 10.6 Å². The number of amides is 1. The topological polar surface area (TPSA) is 71.3 Å². The molecule has 5 heteroatoms. The minimum atomic E-state index is -0.801. The maximum atomic E-state index is 11.7. The maximum Gasteiger partial charge on any atom is 0.250 e. The average Bonchev–Trinajstić information content (AvgIpc) is 2.49. The molecule has 1 aromatic heterocycles. The van der Waals surface area contributed by atoms with Gasteiger partial charge in [-0.3, -0.25) is 9.59 Å². The molecule has 1 amide bonds. The van der Waals surface area contributed by atoms with Crippen molar-refractivity contribution in [2.75, 3.05) is 6.54 Å². The molecule has 0 fully saturated rings. The lowest BCUT2D eigenvalue weighted by Gasteiger charge is -2.13. The Kier molecular flexibility index (Phi) is 5.29. The van der Waals surface area contributed by atoms with Gasteiger partial charge in [-0.25, -0.2) is 0 Å². The van der Waals surface area contributed by atoms with Crippen molar-refractivity contribution < 1.29 is 9.90 Å². The molecule has 2 aromatic rings. The summed E-state index contributed by atoms with van der Waals surface area (Å²) in [7, 11) is 0. The van der Waals surface area contributed by atoms with Crippen LogP contribution in [0.1, 0.15) is 5.56 Å². The molecule has 110 valence electrons. The van der Waals surface area contributed by atoms with Crippen LogP contribution in [0.3, 0.4) is 0 Å². The monoisotopic (exact) mass is 286 g/mol. The number of aliphatic hydroxyl groups is 1. The van der Waals surface area contributed by atoms with Crippen molar-refractivity contribution in [2.45, 2.75) is 19.1 Å². The first-order chi connectivity index (χ1) is 10.1. The van der Waals surface area contributed by atoms with Crippen molar-refractivity contribution in [3.8, 4) is 0 Å². The van der Waals surface area contributed by atoms with E-state index in [9.17, 15) is 14.7 Å².